The number of quaternary nitrogens is 1. The van der Waals surface area contributed by atoms with Gasteiger partial charge < -0.3 is 9.80 Å². The molecule has 2 aromatic rings. The number of nitrogens with zero attached hydrogens (tertiary/aromatic N) is 2. The van der Waals surface area contributed by atoms with E-state index in [0.717, 1.165) is 38.3 Å². The highest BCUT2D eigenvalue weighted by molar-refractivity contribution is 7.92. The number of sulfonamides is 1. The lowest BCUT2D eigenvalue weighted by molar-refractivity contribution is -0.917. The summed E-state index contributed by atoms with van der Waals surface area (Å²) < 4.78 is 25.6. The Morgan fingerprint density at radius 1 is 1.10 bits per heavy atom. The molecular weight excluding hydrogens is 386 g/mol. The van der Waals surface area contributed by atoms with Gasteiger partial charge in [-0.1, -0.05) is 30.3 Å². The van der Waals surface area contributed by atoms with Gasteiger partial charge in [0, 0.05) is 17.2 Å². The van der Waals surface area contributed by atoms with Crippen molar-refractivity contribution >= 4 is 21.6 Å². The lowest BCUT2D eigenvalue weighted by Gasteiger charge is -2.32. The summed E-state index contributed by atoms with van der Waals surface area (Å²) in [5.74, 6) is 0.0389. The van der Waals surface area contributed by atoms with E-state index in [1.807, 2.05) is 24.0 Å². The first-order valence-electron chi connectivity index (χ1n) is 10.1. The van der Waals surface area contributed by atoms with Crippen molar-refractivity contribution in [3.05, 3.63) is 65.2 Å². The van der Waals surface area contributed by atoms with Crippen molar-refractivity contribution in [2.45, 2.75) is 25.9 Å². The van der Waals surface area contributed by atoms with Crippen LogP contribution < -0.4 is 9.21 Å². The number of carbonyl (C=O) groups excluding carboxylic acids is 1. The zero-order valence-corrected chi connectivity index (χ0v) is 17.8. The van der Waals surface area contributed by atoms with Crippen LogP contribution in [0.3, 0.4) is 0 Å². The van der Waals surface area contributed by atoms with Crippen molar-refractivity contribution in [2.24, 2.45) is 0 Å². The van der Waals surface area contributed by atoms with Crippen molar-refractivity contribution in [3.63, 3.8) is 0 Å². The molecule has 2 aromatic carbocycles. The second-order valence-electron chi connectivity index (χ2n) is 8.16. The predicted molar refractivity (Wildman–Crippen MR) is 114 cm³/mol. The molecule has 1 saturated heterocycles. The molecule has 154 valence electrons. The Labute approximate surface area is 172 Å². The average Bonchev–Trinajstić information content (AvgIpc) is 3.04. The third-order valence-electron chi connectivity index (χ3n) is 5.89. The van der Waals surface area contributed by atoms with E-state index in [9.17, 15) is 13.2 Å². The van der Waals surface area contributed by atoms with E-state index >= 15 is 0 Å². The Balaban J connectivity index is 1.42. The Hall–Kier alpha value is -2.38. The van der Waals surface area contributed by atoms with E-state index in [1.54, 1.807) is 12.1 Å². The minimum absolute atomic E-state index is 0.0389. The van der Waals surface area contributed by atoms with Gasteiger partial charge in [0.1, 0.15) is 6.54 Å². The van der Waals surface area contributed by atoms with Gasteiger partial charge in [0.25, 0.3) is 5.91 Å². The molecule has 0 radical (unpaired) electrons. The molecule has 0 aliphatic carbocycles. The lowest BCUT2D eigenvalue weighted by atomic mass is 10.1. The van der Waals surface area contributed by atoms with Gasteiger partial charge in [-0.05, 0) is 37.1 Å². The predicted octanol–water partition coefficient (Wildman–Crippen LogP) is 0.938. The molecule has 2 heterocycles. The molecule has 29 heavy (non-hydrogen) atoms. The molecule has 1 atom stereocenters. The second-order valence-corrected chi connectivity index (χ2v) is 10.0. The SMILES string of the molecule is C[C@@H]1Cc2cc(C(=O)N3CC[NH+](Cc4ccccc4)CC3)ccc2N1S(C)(=O)=O. The number of fused-ring (bicyclic) bond motifs is 1. The van der Waals surface area contributed by atoms with Gasteiger partial charge in [-0.2, -0.15) is 0 Å². The fourth-order valence-corrected chi connectivity index (χ4v) is 5.77. The molecule has 4 rings (SSSR count). The highest BCUT2D eigenvalue weighted by atomic mass is 32.2. The van der Waals surface area contributed by atoms with Crippen molar-refractivity contribution in [1.82, 2.24) is 4.90 Å². The zero-order chi connectivity index (χ0) is 20.6. The number of nitrogens with one attached hydrogen (secondary N) is 1. The summed E-state index contributed by atoms with van der Waals surface area (Å²) in [5.41, 5.74) is 3.61. The molecule has 0 spiro atoms. The molecule has 0 bridgehead atoms. The summed E-state index contributed by atoms with van der Waals surface area (Å²) in [4.78, 5) is 16.4. The molecule has 1 N–H and O–H groups in total. The Kier molecular flexibility index (Phi) is 5.36. The van der Waals surface area contributed by atoms with Crippen LogP contribution >= 0.6 is 0 Å². The minimum atomic E-state index is -3.32. The highest BCUT2D eigenvalue weighted by Crippen LogP contribution is 2.34. The first-order valence-corrected chi connectivity index (χ1v) is 12.0. The maximum atomic E-state index is 13.0. The van der Waals surface area contributed by atoms with Crippen LogP contribution in [-0.2, 0) is 23.0 Å². The van der Waals surface area contributed by atoms with E-state index in [0.29, 0.717) is 17.7 Å². The molecule has 2 aliphatic heterocycles. The topological polar surface area (TPSA) is 62.1 Å². The summed E-state index contributed by atoms with van der Waals surface area (Å²) in [6.45, 7) is 6.24. The fraction of sp³-hybridized carbons (Fsp3) is 0.409. The third kappa shape index (κ3) is 4.16. The molecule has 7 heteroatoms. The van der Waals surface area contributed by atoms with Gasteiger partial charge in [0.15, 0.2) is 0 Å². The largest absolute Gasteiger partial charge is 0.328 e. The normalized spacial score (nSPS) is 20.0. The third-order valence-corrected chi connectivity index (χ3v) is 7.16. The molecule has 1 amide bonds. The maximum absolute atomic E-state index is 13.0. The van der Waals surface area contributed by atoms with Crippen LogP contribution in [0.5, 0.6) is 0 Å². The van der Waals surface area contributed by atoms with Gasteiger partial charge in [0.05, 0.1) is 38.1 Å². The summed E-state index contributed by atoms with van der Waals surface area (Å²) in [6, 6.07) is 15.8. The van der Waals surface area contributed by atoms with Gasteiger partial charge in [0.2, 0.25) is 10.0 Å². The summed E-state index contributed by atoms with van der Waals surface area (Å²) >= 11 is 0. The van der Waals surface area contributed by atoms with E-state index in [1.165, 1.54) is 21.0 Å². The van der Waals surface area contributed by atoms with Gasteiger partial charge in [-0.25, -0.2) is 8.42 Å². The monoisotopic (exact) mass is 414 g/mol. The van der Waals surface area contributed by atoms with Gasteiger partial charge in [-0.3, -0.25) is 9.10 Å². The number of hydrogen-bond donors (Lipinski definition) is 1. The van der Waals surface area contributed by atoms with Gasteiger partial charge in [-0.15, -0.1) is 0 Å². The first-order chi connectivity index (χ1) is 13.8. The van der Waals surface area contributed by atoms with E-state index < -0.39 is 10.0 Å². The van der Waals surface area contributed by atoms with Crippen LogP contribution in [0.1, 0.15) is 28.4 Å². The lowest BCUT2D eigenvalue weighted by Crippen LogP contribution is -3.13. The number of amides is 1. The van der Waals surface area contributed by atoms with Crippen LogP contribution in [0.2, 0.25) is 0 Å². The number of piperazine rings is 1. The molecule has 0 saturated carbocycles. The van der Waals surface area contributed by atoms with Crippen LogP contribution in [0.4, 0.5) is 5.69 Å². The smallest absolute Gasteiger partial charge is 0.254 e. The molecule has 0 aromatic heterocycles. The van der Waals surface area contributed by atoms with E-state index in [-0.39, 0.29) is 11.9 Å². The van der Waals surface area contributed by atoms with Gasteiger partial charge >= 0.3 is 0 Å². The molecular formula is C22H28N3O3S+. The molecule has 6 nitrogen and oxygen atoms in total. The summed E-state index contributed by atoms with van der Waals surface area (Å²) in [6.07, 6.45) is 1.87. The minimum Gasteiger partial charge on any atom is -0.328 e. The number of hydrogen-bond acceptors (Lipinski definition) is 3. The zero-order valence-electron chi connectivity index (χ0n) is 17.0. The standard InChI is InChI=1S/C22H27N3O3S/c1-17-14-20-15-19(8-9-21(20)25(17)29(2,27)28)22(26)24-12-10-23(11-13-24)16-18-6-4-3-5-7-18/h3-9,15,17H,10-14,16H2,1-2H3/p+1/t17-/m1/s1. The van der Waals surface area contributed by atoms with E-state index in [2.05, 4.69) is 24.3 Å². The number of anilines is 1. The summed E-state index contributed by atoms with van der Waals surface area (Å²) in [5, 5.41) is 0. The summed E-state index contributed by atoms with van der Waals surface area (Å²) in [7, 11) is -3.32. The van der Waals surface area contributed by atoms with Crippen molar-refractivity contribution in [2.75, 3.05) is 36.7 Å². The quantitative estimate of drug-likeness (QED) is 0.810. The Bertz CT molecular complexity index is 999. The van der Waals surface area contributed by atoms with Crippen molar-refractivity contribution in [1.29, 1.82) is 0 Å². The van der Waals surface area contributed by atoms with Crippen molar-refractivity contribution < 1.29 is 18.1 Å². The van der Waals surface area contributed by atoms with Crippen LogP contribution in [0, 0.1) is 0 Å². The Morgan fingerprint density at radius 3 is 2.45 bits per heavy atom. The van der Waals surface area contributed by atoms with Crippen molar-refractivity contribution in [3.8, 4) is 0 Å². The average molecular weight is 415 g/mol. The number of benzene rings is 2. The fourth-order valence-electron chi connectivity index (χ4n) is 4.51. The van der Waals surface area contributed by atoms with Crippen LogP contribution in [0.25, 0.3) is 0 Å². The van der Waals surface area contributed by atoms with Crippen LogP contribution in [0.15, 0.2) is 48.5 Å². The second kappa shape index (κ2) is 7.80. The number of carbonyl (C=O) groups is 1. The molecule has 1 fully saturated rings. The molecule has 2 aliphatic rings. The molecule has 0 unspecified atom stereocenters. The Morgan fingerprint density at radius 2 is 1.79 bits per heavy atom. The highest BCUT2D eigenvalue weighted by Gasteiger charge is 2.33. The van der Waals surface area contributed by atoms with E-state index in [4.69, 9.17) is 0 Å². The maximum Gasteiger partial charge on any atom is 0.254 e. The number of rotatable bonds is 4. The van der Waals surface area contributed by atoms with Crippen LogP contribution in [-0.4, -0.2) is 57.7 Å². The first kappa shape index (κ1) is 19.9.